The molecule has 0 radical (unpaired) electrons. The Labute approximate surface area is 171 Å². The standard InChI is InChI=1S/C22H32N2O5/c1-6-8-11-29-19-16-10-9-15(28-7-2)12-17(16)20(25)24(14-22(3,4)5)18(19)13-23-21(26)27/h9-10,12,23H,6-8,11,13-14H2,1-5H3,(H,26,27). The van der Waals surface area contributed by atoms with E-state index in [1.54, 1.807) is 16.7 Å². The summed E-state index contributed by atoms with van der Waals surface area (Å²) in [5.41, 5.74) is 0.176. The van der Waals surface area contributed by atoms with Crippen molar-refractivity contribution in [3.63, 3.8) is 0 Å². The zero-order valence-electron chi connectivity index (χ0n) is 18.0. The summed E-state index contributed by atoms with van der Waals surface area (Å²) in [7, 11) is 0. The Bertz CT molecular complexity index is 912. The van der Waals surface area contributed by atoms with Gasteiger partial charge in [0.2, 0.25) is 0 Å². The van der Waals surface area contributed by atoms with Crippen LogP contribution in [0, 0.1) is 5.41 Å². The first-order valence-electron chi connectivity index (χ1n) is 10.1. The third kappa shape index (κ3) is 5.89. The Morgan fingerprint density at radius 1 is 1.17 bits per heavy atom. The maximum Gasteiger partial charge on any atom is 0.404 e. The highest BCUT2D eigenvalue weighted by atomic mass is 16.5. The van der Waals surface area contributed by atoms with Crippen LogP contribution in [-0.2, 0) is 13.1 Å². The van der Waals surface area contributed by atoms with E-state index in [1.807, 2.05) is 33.8 Å². The first kappa shape index (κ1) is 22.6. The van der Waals surface area contributed by atoms with Crippen LogP contribution in [0.2, 0.25) is 0 Å². The minimum atomic E-state index is -1.15. The van der Waals surface area contributed by atoms with Crippen molar-refractivity contribution < 1.29 is 19.4 Å². The van der Waals surface area contributed by atoms with Crippen LogP contribution in [0.5, 0.6) is 11.5 Å². The number of hydrogen-bond acceptors (Lipinski definition) is 4. The van der Waals surface area contributed by atoms with Crippen molar-refractivity contribution >= 4 is 16.9 Å². The van der Waals surface area contributed by atoms with E-state index in [2.05, 4.69) is 12.2 Å². The quantitative estimate of drug-likeness (QED) is 0.605. The molecule has 0 saturated carbocycles. The van der Waals surface area contributed by atoms with Crippen molar-refractivity contribution in [2.45, 2.75) is 60.5 Å². The fourth-order valence-electron chi connectivity index (χ4n) is 3.16. The highest BCUT2D eigenvalue weighted by Crippen LogP contribution is 2.32. The molecular weight excluding hydrogens is 372 g/mol. The van der Waals surface area contributed by atoms with E-state index >= 15 is 0 Å². The molecule has 2 N–H and O–H groups in total. The summed E-state index contributed by atoms with van der Waals surface area (Å²) in [5, 5.41) is 12.7. The predicted octanol–water partition coefficient (Wildman–Crippen LogP) is 4.39. The van der Waals surface area contributed by atoms with E-state index in [9.17, 15) is 9.59 Å². The summed E-state index contributed by atoms with van der Waals surface area (Å²) in [6, 6.07) is 5.36. The van der Waals surface area contributed by atoms with E-state index in [-0.39, 0.29) is 17.5 Å². The molecule has 0 aliphatic heterocycles. The van der Waals surface area contributed by atoms with Gasteiger partial charge in [0.1, 0.15) is 11.5 Å². The van der Waals surface area contributed by atoms with Gasteiger partial charge in [-0.1, -0.05) is 34.1 Å². The van der Waals surface area contributed by atoms with E-state index in [0.29, 0.717) is 47.7 Å². The summed E-state index contributed by atoms with van der Waals surface area (Å²) in [4.78, 5) is 24.5. The average Bonchev–Trinajstić information content (AvgIpc) is 2.63. The van der Waals surface area contributed by atoms with Gasteiger partial charge in [0.25, 0.3) is 5.56 Å². The van der Waals surface area contributed by atoms with Crippen molar-refractivity contribution in [3.8, 4) is 11.5 Å². The highest BCUT2D eigenvalue weighted by Gasteiger charge is 2.22. The largest absolute Gasteiger partial charge is 0.494 e. The lowest BCUT2D eigenvalue weighted by atomic mass is 9.96. The highest BCUT2D eigenvalue weighted by molar-refractivity contribution is 5.89. The number of benzene rings is 1. The second-order valence-electron chi connectivity index (χ2n) is 8.23. The zero-order valence-corrected chi connectivity index (χ0v) is 18.0. The number of nitrogens with one attached hydrogen (secondary N) is 1. The fourth-order valence-corrected chi connectivity index (χ4v) is 3.16. The summed E-state index contributed by atoms with van der Waals surface area (Å²) >= 11 is 0. The molecule has 2 rings (SSSR count). The van der Waals surface area contributed by atoms with Gasteiger partial charge in [-0.3, -0.25) is 4.79 Å². The minimum Gasteiger partial charge on any atom is -0.494 e. The molecule has 0 aliphatic carbocycles. The minimum absolute atomic E-state index is 0.00867. The number of amides is 1. The van der Waals surface area contributed by atoms with Crippen molar-refractivity contribution in [2.75, 3.05) is 13.2 Å². The van der Waals surface area contributed by atoms with E-state index < -0.39 is 6.09 Å². The maximum atomic E-state index is 13.4. The van der Waals surface area contributed by atoms with Crippen molar-refractivity contribution in [3.05, 3.63) is 34.2 Å². The fraction of sp³-hybridized carbons (Fsp3) is 0.545. The van der Waals surface area contributed by atoms with E-state index in [0.717, 1.165) is 12.8 Å². The van der Waals surface area contributed by atoms with Gasteiger partial charge in [-0.05, 0) is 37.0 Å². The third-order valence-corrected chi connectivity index (χ3v) is 4.39. The summed E-state index contributed by atoms with van der Waals surface area (Å²) in [6.45, 7) is 11.5. The van der Waals surface area contributed by atoms with Gasteiger partial charge in [-0.2, -0.15) is 0 Å². The molecule has 7 nitrogen and oxygen atoms in total. The Morgan fingerprint density at radius 3 is 2.48 bits per heavy atom. The van der Waals surface area contributed by atoms with E-state index in [1.165, 1.54) is 0 Å². The first-order chi connectivity index (χ1) is 13.7. The molecule has 0 bridgehead atoms. The maximum absolute atomic E-state index is 13.4. The number of hydrogen-bond donors (Lipinski definition) is 2. The van der Waals surface area contributed by atoms with Crippen LogP contribution in [0.3, 0.4) is 0 Å². The van der Waals surface area contributed by atoms with Gasteiger partial charge in [0.15, 0.2) is 0 Å². The van der Waals surface area contributed by atoms with Crippen LogP contribution in [-0.4, -0.2) is 29.0 Å². The number of fused-ring (bicyclic) bond motifs is 1. The summed E-state index contributed by atoms with van der Waals surface area (Å²) in [6.07, 6.45) is 0.686. The molecule has 29 heavy (non-hydrogen) atoms. The lowest BCUT2D eigenvalue weighted by molar-refractivity contribution is 0.193. The van der Waals surface area contributed by atoms with Gasteiger partial charge in [-0.15, -0.1) is 0 Å². The summed E-state index contributed by atoms with van der Waals surface area (Å²) in [5.74, 6) is 1.17. The third-order valence-electron chi connectivity index (χ3n) is 4.39. The number of aromatic nitrogens is 1. The normalized spacial score (nSPS) is 11.5. The molecule has 1 heterocycles. The number of ether oxygens (including phenoxy) is 2. The molecule has 1 aromatic heterocycles. The van der Waals surface area contributed by atoms with E-state index in [4.69, 9.17) is 14.6 Å². The number of pyridine rings is 1. The molecule has 0 unspecified atom stereocenters. The van der Waals surface area contributed by atoms with Gasteiger partial charge in [0, 0.05) is 11.9 Å². The molecule has 2 aromatic rings. The monoisotopic (exact) mass is 404 g/mol. The Kier molecular flexibility index (Phi) is 7.53. The average molecular weight is 405 g/mol. The number of rotatable bonds is 9. The summed E-state index contributed by atoms with van der Waals surface area (Å²) < 4.78 is 13.3. The molecule has 0 saturated heterocycles. The molecule has 1 amide bonds. The number of carbonyl (C=O) groups is 1. The van der Waals surface area contributed by atoms with Crippen molar-refractivity contribution in [1.82, 2.24) is 9.88 Å². The van der Waals surface area contributed by atoms with Crippen LogP contribution < -0.4 is 20.3 Å². The van der Waals surface area contributed by atoms with Crippen LogP contribution >= 0.6 is 0 Å². The second kappa shape index (κ2) is 9.67. The Morgan fingerprint density at radius 2 is 1.90 bits per heavy atom. The Hall–Kier alpha value is -2.70. The van der Waals surface area contributed by atoms with Crippen LogP contribution in [0.15, 0.2) is 23.0 Å². The Balaban J connectivity index is 2.76. The molecular formula is C22H32N2O5. The molecule has 0 fully saturated rings. The van der Waals surface area contributed by atoms with Crippen molar-refractivity contribution in [2.24, 2.45) is 5.41 Å². The van der Waals surface area contributed by atoms with Crippen LogP contribution in [0.25, 0.3) is 10.8 Å². The number of nitrogens with zero attached hydrogens (tertiary/aromatic N) is 1. The molecule has 1 aromatic carbocycles. The molecule has 7 heteroatoms. The number of unbranched alkanes of at least 4 members (excludes halogenated alkanes) is 1. The zero-order chi connectivity index (χ0) is 21.6. The first-order valence-corrected chi connectivity index (χ1v) is 10.1. The number of carboxylic acid groups (broad SMARTS) is 1. The smallest absolute Gasteiger partial charge is 0.404 e. The molecule has 0 aliphatic rings. The van der Waals surface area contributed by atoms with Crippen molar-refractivity contribution in [1.29, 1.82) is 0 Å². The lowest BCUT2D eigenvalue weighted by Gasteiger charge is -2.25. The van der Waals surface area contributed by atoms with Gasteiger partial charge in [0.05, 0.1) is 30.8 Å². The topological polar surface area (TPSA) is 89.8 Å². The molecule has 160 valence electrons. The molecule has 0 spiro atoms. The lowest BCUT2D eigenvalue weighted by Crippen LogP contribution is -2.33. The van der Waals surface area contributed by atoms with Crippen LogP contribution in [0.1, 0.15) is 53.2 Å². The SMILES string of the molecule is CCCCOc1c(CNC(=O)O)n(CC(C)(C)C)c(=O)c2cc(OCC)ccc12. The second-order valence-corrected chi connectivity index (χ2v) is 8.23. The van der Waals surface area contributed by atoms with Gasteiger partial charge < -0.3 is 24.5 Å². The molecule has 0 atom stereocenters. The van der Waals surface area contributed by atoms with Crippen LogP contribution in [0.4, 0.5) is 4.79 Å². The predicted molar refractivity (Wildman–Crippen MR) is 114 cm³/mol. The van der Waals surface area contributed by atoms with Gasteiger partial charge in [-0.25, -0.2) is 4.79 Å². The van der Waals surface area contributed by atoms with Gasteiger partial charge >= 0.3 is 6.09 Å².